The van der Waals surface area contributed by atoms with Gasteiger partial charge in [0, 0.05) is 14.1 Å². The monoisotopic (exact) mass is 333 g/mol. The summed E-state index contributed by atoms with van der Waals surface area (Å²) in [6.45, 7) is -0.203. The predicted octanol–water partition coefficient (Wildman–Crippen LogP) is 0.0661. The van der Waals surface area contributed by atoms with Gasteiger partial charge >= 0.3 is 0 Å². The van der Waals surface area contributed by atoms with Gasteiger partial charge in [0.15, 0.2) is 0 Å². The molecule has 0 heterocycles. The van der Waals surface area contributed by atoms with Crippen molar-refractivity contribution >= 4 is 33.4 Å². The second kappa shape index (κ2) is 6.88. The summed E-state index contributed by atoms with van der Waals surface area (Å²) < 4.78 is 25.5. The molecule has 1 rings (SSSR count). The second-order valence-corrected chi connectivity index (χ2v) is 6.61. The van der Waals surface area contributed by atoms with Gasteiger partial charge < -0.3 is 10.2 Å². The van der Waals surface area contributed by atoms with Crippen LogP contribution in [0.5, 0.6) is 0 Å². The predicted molar refractivity (Wildman–Crippen MR) is 78.7 cm³/mol. The molecule has 0 aliphatic carbocycles. The molecule has 7 nitrogen and oxygen atoms in total. The van der Waals surface area contributed by atoms with Crippen LogP contribution in [0.2, 0.25) is 5.02 Å². The SMILES string of the molecule is CNS(=O)(=O)c1ccc(Cl)c(C(=O)NCC(=O)N(C)C)c1. The van der Waals surface area contributed by atoms with E-state index in [1.165, 1.54) is 24.1 Å². The van der Waals surface area contributed by atoms with Gasteiger partial charge in [0.1, 0.15) is 0 Å². The van der Waals surface area contributed by atoms with Crippen LogP contribution in [0.4, 0.5) is 0 Å². The molecule has 0 aliphatic rings. The molecule has 1 aromatic rings. The van der Waals surface area contributed by atoms with E-state index in [4.69, 9.17) is 11.6 Å². The van der Waals surface area contributed by atoms with Crippen molar-refractivity contribution in [2.24, 2.45) is 0 Å². The molecule has 21 heavy (non-hydrogen) atoms. The third-order valence-corrected chi connectivity index (χ3v) is 4.40. The van der Waals surface area contributed by atoms with Gasteiger partial charge in [-0.3, -0.25) is 9.59 Å². The first kappa shape index (κ1) is 17.4. The van der Waals surface area contributed by atoms with Gasteiger partial charge in [-0.2, -0.15) is 0 Å². The first-order valence-electron chi connectivity index (χ1n) is 5.90. The lowest BCUT2D eigenvalue weighted by molar-refractivity contribution is -0.127. The number of sulfonamides is 1. The minimum atomic E-state index is -3.68. The highest BCUT2D eigenvalue weighted by molar-refractivity contribution is 7.89. The molecule has 0 radical (unpaired) electrons. The number of halogens is 1. The fraction of sp³-hybridized carbons (Fsp3) is 0.333. The van der Waals surface area contributed by atoms with Crippen molar-refractivity contribution in [2.45, 2.75) is 4.90 Å². The van der Waals surface area contributed by atoms with Crippen LogP contribution in [-0.2, 0) is 14.8 Å². The summed E-state index contributed by atoms with van der Waals surface area (Å²) in [6.07, 6.45) is 0. The van der Waals surface area contributed by atoms with E-state index in [2.05, 4.69) is 10.0 Å². The van der Waals surface area contributed by atoms with Crippen LogP contribution in [0, 0.1) is 0 Å². The number of nitrogens with one attached hydrogen (secondary N) is 2. The van der Waals surface area contributed by atoms with Crippen LogP contribution in [-0.4, -0.2) is 52.8 Å². The van der Waals surface area contributed by atoms with Crippen molar-refractivity contribution in [3.8, 4) is 0 Å². The molecule has 0 unspecified atom stereocenters. The van der Waals surface area contributed by atoms with Gasteiger partial charge in [0.05, 0.1) is 22.0 Å². The van der Waals surface area contributed by atoms with Gasteiger partial charge in [0.2, 0.25) is 15.9 Å². The van der Waals surface area contributed by atoms with Gasteiger partial charge in [-0.15, -0.1) is 0 Å². The zero-order valence-corrected chi connectivity index (χ0v) is 13.4. The van der Waals surface area contributed by atoms with Crippen molar-refractivity contribution in [2.75, 3.05) is 27.7 Å². The van der Waals surface area contributed by atoms with Crippen LogP contribution >= 0.6 is 11.6 Å². The maximum Gasteiger partial charge on any atom is 0.253 e. The highest BCUT2D eigenvalue weighted by Crippen LogP contribution is 2.20. The lowest BCUT2D eigenvalue weighted by atomic mass is 10.2. The molecule has 0 aromatic heterocycles. The molecule has 0 bridgehead atoms. The molecule has 1 aromatic carbocycles. The zero-order chi connectivity index (χ0) is 16.2. The Labute approximate surface area is 128 Å². The van der Waals surface area contributed by atoms with E-state index in [-0.39, 0.29) is 27.9 Å². The van der Waals surface area contributed by atoms with Crippen molar-refractivity contribution in [1.29, 1.82) is 0 Å². The number of hydrogen-bond acceptors (Lipinski definition) is 4. The number of nitrogens with zero attached hydrogens (tertiary/aromatic N) is 1. The lowest BCUT2D eigenvalue weighted by Crippen LogP contribution is -2.36. The van der Waals surface area contributed by atoms with E-state index in [1.807, 2.05) is 0 Å². The third kappa shape index (κ3) is 4.42. The Kier molecular flexibility index (Phi) is 5.70. The number of benzene rings is 1. The summed E-state index contributed by atoms with van der Waals surface area (Å²) in [5, 5.41) is 2.48. The molecule has 0 spiro atoms. The summed E-state index contributed by atoms with van der Waals surface area (Å²) in [6, 6.07) is 3.76. The topological polar surface area (TPSA) is 95.6 Å². The largest absolute Gasteiger partial charge is 0.347 e. The summed E-state index contributed by atoms with van der Waals surface area (Å²) in [4.78, 5) is 24.6. The molecule has 2 amide bonds. The zero-order valence-electron chi connectivity index (χ0n) is 11.8. The first-order valence-corrected chi connectivity index (χ1v) is 7.76. The van der Waals surface area contributed by atoms with Crippen LogP contribution in [0.25, 0.3) is 0 Å². The van der Waals surface area contributed by atoms with Crippen molar-refractivity contribution in [3.63, 3.8) is 0 Å². The Hall–Kier alpha value is -1.64. The van der Waals surface area contributed by atoms with Crippen LogP contribution in [0.1, 0.15) is 10.4 Å². The van der Waals surface area contributed by atoms with Crippen LogP contribution in [0.15, 0.2) is 23.1 Å². The van der Waals surface area contributed by atoms with Crippen molar-refractivity contribution in [3.05, 3.63) is 28.8 Å². The Morgan fingerprint density at radius 2 is 1.90 bits per heavy atom. The van der Waals surface area contributed by atoms with E-state index in [1.54, 1.807) is 14.1 Å². The third-order valence-electron chi connectivity index (χ3n) is 2.66. The standard InChI is InChI=1S/C12H16ClN3O4S/c1-14-21(19,20)8-4-5-10(13)9(6-8)12(18)15-7-11(17)16(2)3/h4-6,14H,7H2,1-3H3,(H,15,18). The van der Waals surface area contributed by atoms with Crippen molar-refractivity contribution in [1.82, 2.24) is 14.9 Å². The Balaban J connectivity index is 3.00. The van der Waals surface area contributed by atoms with E-state index in [9.17, 15) is 18.0 Å². The quantitative estimate of drug-likeness (QED) is 0.797. The highest BCUT2D eigenvalue weighted by atomic mass is 35.5. The maximum absolute atomic E-state index is 12.0. The number of hydrogen-bond donors (Lipinski definition) is 2. The van der Waals surface area contributed by atoms with Gasteiger partial charge in [0.25, 0.3) is 5.91 Å². The molecule has 9 heteroatoms. The second-order valence-electron chi connectivity index (χ2n) is 4.32. The van der Waals surface area contributed by atoms with Crippen LogP contribution < -0.4 is 10.0 Å². The summed E-state index contributed by atoms with van der Waals surface area (Å²) in [5.41, 5.74) is -0.0143. The molecule has 0 saturated heterocycles. The minimum Gasteiger partial charge on any atom is -0.347 e. The maximum atomic E-state index is 12.0. The Bertz CT molecular complexity index is 658. The fourth-order valence-corrected chi connectivity index (χ4v) is 2.33. The number of likely N-dealkylation sites (N-methyl/N-ethyl adjacent to an activating group) is 1. The Morgan fingerprint density at radius 3 is 2.43 bits per heavy atom. The summed E-state index contributed by atoms with van der Waals surface area (Å²) in [5.74, 6) is -0.915. The smallest absolute Gasteiger partial charge is 0.253 e. The molecular formula is C12H16ClN3O4S. The lowest BCUT2D eigenvalue weighted by Gasteiger charge is -2.12. The highest BCUT2D eigenvalue weighted by Gasteiger charge is 2.18. The molecule has 0 aliphatic heterocycles. The van der Waals surface area contributed by atoms with E-state index in [0.717, 1.165) is 6.07 Å². The number of amides is 2. The first-order chi connectivity index (χ1) is 9.69. The normalized spacial score (nSPS) is 11.0. The summed E-state index contributed by atoms with van der Waals surface area (Å²) in [7, 11) is 0.698. The number of carbonyl (C=O) groups excluding carboxylic acids is 2. The molecule has 2 N–H and O–H groups in total. The van der Waals surface area contributed by atoms with Gasteiger partial charge in [-0.25, -0.2) is 13.1 Å². The van der Waals surface area contributed by atoms with E-state index < -0.39 is 15.9 Å². The number of rotatable bonds is 5. The van der Waals surface area contributed by atoms with Gasteiger partial charge in [-0.05, 0) is 25.2 Å². The average Bonchev–Trinajstić information content (AvgIpc) is 2.44. The van der Waals surface area contributed by atoms with Gasteiger partial charge in [-0.1, -0.05) is 11.6 Å². The Morgan fingerprint density at radius 1 is 1.29 bits per heavy atom. The van der Waals surface area contributed by atoms with Crippen molar-refractivity contribution < 1.29 is 18.0 Å². The fourth-order valence-electron chi connectivity index (χ4n) is 1.37. The van der Waals surface area contributed by atoms with E-state index in [0.29, 0.717) is 0 Å². The molecule has 0 atom stereocenters. The summed E-state index contributed by atoms with van der Waals surface area (Å²) >= 11 is 5.89. The number of carbonyl (C=O) groups is 2. The minimum absolute atomic E-state index is 0.0143. The molecule has 116 valence electrons. The molecule has 0 saturated carbocycles. The van der Waals surface area contributed by atoms with E-state index >= 15 is 0 Å². The average molecular weight is 334 g/mol. The molecule has 0 fully saturated rings. The van der Waals surface area contributed by atoms with Crippen LogP contribution in [0.3, 0.4) is 0 Å². The molecular weight excluding hydrogens is 318 g/mol.